The molecule has 0 atom stereocenters. The molecule has 2 saturated heterocycles. The van der Waals surface area contributed by atoms with Crippen LogP contribution in [0.15, 0.2) is 41.2 Å². The van der Waals surface area contributed by atoms with E-state index in [1.165, 1.54) is 18.6 Å². The number of piperidine rings is 1. The van der Waals surface area contributed by atoms with Crippen LogP contribution in [0.25, 0.3) is 5.57 Å². The van der Waals surface area contributed by atoms with E-state index in [9.17, 15) is 9.59 Å². The highest BCUT2D eigenvalue weighted by atomic mass is 16.5. The number of methoxy groups -OCH3 is 1. The van der Waals surface area contributed by atoms with Crippen LogP contribution < -0.4 is 15.4 Å². The van der Waals surface area contributed by atoms with E-state index in [1.54, 1.807) is 23.0 Å². The highest BCUT2D eigenvalue weighted by Gasteiger charge is 2.49. The maximum absolute atomic E-state index is 13.4. The van der Waals surface area contributed by atoms with Gasteiger partial charge < -0.3 is 30.2 Å². The Kier molecular flexibility index (Phi) is 5.50. The molecule has 0 saturated carbocycles. The maximum Gasteiger partial charge on any atom is 0.292 e. The fourth-order valence-electron chi connectivity index (χ4n) is 4.45. The molecule has 3 heterocycles. The molecule has 4 rings (SSSR count). The molecule has 1 aromatic heterocycles. The third-order valence-corrected chi connectivity index (χ3v) is 6.31. The van der Waals surface area contributed by atoms with Gasteiger partial charge in [0.05, 0.1) is 18.7 Å². The predicted octanol–water partition coefficient (Wildman–Crippen LogP) is 2.29. The van der Waals surface area contributed by atoms with Gasteiger partial charge in [-0.1, -0.05) is 5.16 Å². The Morgan fingerprint density at radius 2 is 2.00 bits per heavy atom. The number of carbonyl (C=O) groups is 2. The lowest BCUT2D eigenvalue weighted by atomic mass is 9.77. The van der Waals surface area contributed by atoms with Crippen LogP contribution in [0.5, 0.6) is 5.75 Å². The van der Waals surface area contributed by atoms with Crippen molar-refractivity contribution in [1.29, 1.82) is 5.41 Å². The average Bonchev–Trinajstić information content (AvgIpc) is 3.45. The topological polar surface area (TPSA) is 126 Å². The highest BCUT2D eigenvalue weighted by molar-refractivity contribution is 6.09. The number of hydrogen-bond donors (Lipinski definition) is 2. The van der Waals surface area contributed by atoms with Crippen LogP contribution in [-0.4, -0.2) is 54.8 Å². The van der Waals surface area contributed by atoms with Crippen LogP contribution >= 0.6 is 0 Å². The summed E-state index contributed by atoms with van der Waals surface area (Å²) in [6.45, 7) is 1.62. The number of aromatic nitrogens is 1. The summed E-state index contributed by atoms with van der Waals surface area (Å²) in [4.78, 5) is 29.4. The molecule has 31 heavy (non-hydrogen) atoms. The first-order valence-corrected chi connectivity index (χ1v) is 10.2. The number of rotatable bonds is 5. The first-order valence-electron chi connectivity index (χ1n) is 10.2. The van der Waals surface area contributed by atoms with Gasteiger partial charge in [0, 0.05) is 61.0 Å². The Balaban J connectivity index is 1.50. The molecular formula is C22H25N5O4. The number of benzene rings is 1. The van der Waals surface area contributed by atoms with Gasteiger partial charge in [0.1, 0.15) is 5.75 Å². The Morgan fingerprint density at radius 3 is 2.61 bits per heavy atom. The lowest BCUT2D eigenvalue weighted by Crippen LogP contribution is -2.46. The Hall–Kier alpha value is -3.62. The lowest BCUT2D eigenvalue weighted by molar-refractivity contribution is -0.127. The molecule has 2 aliphatic heterocycles. The van der Waals surface area contributed by atoms with Crippen LogP contribution in [0.2, 0.25) is 0 Å². The standard InChI is InChI=1S/C22H25N5O4/c1-30-19-12-16(2-3-17(19)15(13-23)14-24)27-11-7-22(21(27)29)5-9-26(10-6-22)20(28)18-4-8-25-31-18/h2-4,8,12-14,23H,5-7,9-11,24H2,1H3/b15-14+,23-13?. The van der Waals surface area contributed by atoms with Gasteiger partial charge in [0.2, 0.25) is 11.7 Å². The molecule has 0 aliphatic carbocycles. The second-order valence-electron chi connectivity index (χ2n) is 7.81. The summed E-state index contributed by atoms with van der Waals surface area (Å²) in [5.74, 6) is 0.665. The van der Waals surface area contributed by atoms with Crippen molar-refractivity contribution in [1.82, 2.24) is 10.1 Å². The first kappa shape index (κ1) is 20.6. The molecule has 0 radical (unpaired) electrons. The van der Waals surface area contributed by atoms with E-state index in [4.69, 9.17) is 20.4 Å². The summed E-state index contributed by atoms with van der Waals surface area (Å²) in [6, 6.07) is 7.02. The van der Waals surface area contributed by atoms with Crippen molar-refractivity contribution in [2.45, 2.75) is 19.3 Å². The molecule has 2 aromatic rings. The van der Waals surface area contributed by atoms with Crippen molar-refractivity contribution in [3.8, 4) is 5.75 Å². The Labute approximate surface area is 179 Å². The lowest BCUT2D eigenvalue weighted by Gasteiger charge is -2.37. The second-order valence-corrected chi connectivity index (χ2v) is 7.81. The van der Waals surface area contributed by atoms with E-state index >= 15 is 0 Å². The molecule has 9 heteroatoms. The number of carbonyl (C=O) groups excluding carboxylic acids is 2. The van der Waals surface area contributed by atoms with Crippen LogP contribution in [0.1, 0.15) is 35.4 Å². The summed E-state index contributed by atoms with van der Waals surface area (Å²) in [5, 5.41) is 11.1. The molecule has 2 amide bonds. The van der Waals surface area contributed by atoms with Gasteiger partial charge in [0.25, 0.3) is 5.91 Å². The summed E-state index contributed by atoms with van der Waals surface area (Å²) in [5.41, 5.74) is 7.14. The molecule has 1 aromatic carbocycles. The van der Waals surface area contributed by atoms with Crippen molar-refractivity contribution < 1.29 is 18.8 Å². The maximum atomic E-state index is 13.4. The molecule has 162 valence electrons. The second kappa shape index (κ2) is 8.25. The van der Waals surface area contributed by atoms with Gasteiger partial charge in [-0.3, -0.25) is 9.59 Å². The van der Waals surface area contributed by atoms with Crippen molar-refractivity contribution in [2.75, 3.05) is 31.6 Å². The average molecular weight is 423 g/mol. The summed E-state index contributed by atoms with van der Waals surface area (Å²) >= 11 is 0. The number of nitrogens with zero attached hydrogens (tertiary/aromatic N) is 3. The fourth-order valence-corrected chi connectivity index (χ4v) is 4.45. The Bertz CT molecular complexity index is 1020. The highest BCUT2D eigenvalue weighted by Crippen LogP contribution is 2.44. The van der Waals surface area contributed by atoms with Crippen molar-refractivity contribution in [2.24, 2.45) is 11.1 Å². The van der Waals surface area contributed by atoms with Crippen molar-refractivity contribution in [3.63, 3.8) is 0 Å². The molecular weight excluding hydrogens is 398 g/mol. The number of nitrogens with two attached hydrogens (primary N) is 1. The van der Waals surface area contributed by atoms with Gasteiger partial charge in [-0.25, -0.2) is 0 Å². The number of allylic oxidation sites excluding steroid dienone is 1. The van der Waals surface area contributed by atoms with E-state index < -0.39 is 5.41 Å². The minimum atomic E-state index is -0.457. The quantitative estimate of drug-likeness (QED) is 0.711. The number of anilines is 1. The SMILES string of the molecule is COc1cc(N2CCC3(CCN(C(=O)c4ccno4)CC3)C2=O)ccc1/C(C=N)=C/N. The number of nitrogens with one attached hydrogen (secondary N) is 1. The monoisotopic (exact) mass is 423 g/mol. The van der Waals surface area contributed by atoms with Crippen molar-refractivity contribution in [3.05, 3.63) is 48.0 Å². The van der Waals surface area contributed by atoms with E-state index in [0.29, 0.717) is 49.4 Å². The van der Waals surface area contributed by atoms with E-state index in [2.05, 4.69) is 5.16 Å². The van der Waals surface area contributed by atoms with Crippen LogP contribution in [0, 0.1) is 10.8 Å². The smallest absolute Gasteiger partial charge is 0.292 e. The molecule has 1 spiro atoms. The number of hydrogen-bond acceptors (Lipinski definition) is 7. The van der Waals surface area contributed by atoms with Gasteiger partial charge in [-0.15, -0.1) is 0 Å². The van der Waals surface area contributed by atoms with Gasteiger partial charge >= 0.3 is 0 Å². The van der Waals surface area contributed by atoms with E-state index in [1.807, 2.05) is 18.2 Å². The minimum Gasteiger partial charge on any atom is -0.496 e. The fraction of sp³-hybridized carbons (Fsp3) is 0.364. The zero-order chi connectivity index (χ0) is 22.0. The molecule has 2 fully saturated rings. The molecule has 0 unspecified atom stereocenters. The van der Waals surface area contributed by atoms with Gasteiger partial charge in [0.15, 0.2) is 0 Å². The van der Waals surface area contributed by atoms with E-state index in [-0.39, 0.29) is 17.6 Å². The minimum absolute atomic E-state index is 0.0794. The molecule has 2 aliphatic rings. The van der Waals surface area contributed by atoms with Gasteiger partial charge in [-0.05, 0) is 31.4 Å². The summed E-state index contributed by atoms with van der Waals surface area (Å²) in [6.07, 6.45) is 5.95. The van der Waals surface area contributed by atoms with E-state index in [0.717, 1.165) is 12.1 Å². The van der Waals surface area contributed by atoms with Crippen LogP contribution in [0.4, 0.5) is 5.69 Å². The number of ether oxygens (including phenoxy) is 1. The normalized spacial score (nSPS) is 18.5. The molecule has 3 N–H and O–H groups in total. The van der Waals surface area contributed by atoms with Crippen molar-refractivity contribution >= 4 is 29.3 Å². The zero-order valence-electron chi connectivity index (χ0n) is 17.3. The zero-order valence-corrected chi connectivity index (χ0v) is 17.3. The third-order valence-electron chi connectivity index (χ3n) is 6.31. The first-order chi connectivity index (χ1) is 15.0. The largest absolute Gasteiger partial charge is 0.496 e. The third kappa shape index (κ3) is 3.56. The number of amides is 2. The molecule has 9 nitrogen and oxygen atoms in total. The molecule has 0 bridgehead atoms. The van der Waals surface area contributed by atoms with Gasteiger partial charge in [-0.2, -0.15) is 0 Å². The summed E-state index contributed by atoms with van der Waals surface area (Å²) < 4.78 is 10.5. The number of likely N-dealkylation sites (tertiary alicyclic amines) is 1. The van der Waals surface area contributed by atoms with Crippen LogP contribution in [0.3, 0.4) is 0 Å². The van der Waals surface area contributed by atoms with Crippen LogP contribution in [-0.2, 0) is 4.79 Å². The summed E-state index contributed by atoms with van der Waals surface area (Å²) in [7, 11) is 1.55. The Morgan fingerprint density at radius 1 is 1.26 bits per heavy atom. The predicted molar refractivity (Wildman–Crippen MR) is 115 cm³/mol.